The topological polar surface area (TPSA) is 22.0 Å². The normalized spacial score (nSPS) is 10.9. The van der Waals surface area contributed by atoms with Gasteiger partial charge in [-0.15, -0.1) is 0 Å². The van der Waals surface area contributed by atoms with Gasteiger partial charge in [-0.05, 0) is 18.9 Å². The van der Waals surface area contributed by atoms with Crippen molar-refractivity contribution < 1.29 is 4.79 Å². The summed E-state index contributed by atoms with van der Waals surface area (Å²) in [6, 6.07) is 8.08. The van der Waals surface area contributed by atoms with Crippen LogP contribution in [0.1, 0.15) is 29.6 Å². The lowest BCUT2D eigenvalue weighted by Crippen LogP contribution is -1.96. The smallest absolute Gasteiger partial charge is 0.152 e. The zero-order chi connectivity index (χ0) is 12.1. The third-order valence-corrected chi connectivity index (χ3v) is 3.54. The molecular formula is C14H16BrNO. The van der Waals surface area contributed by atoms with Gasteiger partial charge in [0.05, 0.1) is 0 Å². The van der Waals surface area contributed by atoms with Crippen LogP contribution < -0.4 is 0 Å². The molecule has 90 valence electrons. The van der Waals surface area contributed by atoms with Crippen LogP contribution in [0.15, 0.2) is 30.5 Å². The van der Waals surface area contributed by atoms with Gasteiger partial charge in [-0.2, -0.15) is 0 Å². The summed E-state index contributed by atoms with van der Waals surface area (Å²) in [6.45, 7) is 0.987. The Kier molecular flexibility index (Phi) is 4.37. The van der Waals surface area contributed by atoms with E-state index in [9.17, 15) is 4.79 Å². The number of para-hydroxylation sites is 1. The minimum Gasteiger partial charge on any atom is -0.347 e. The van der Waals surface area contributed by atoms with Gasteiger partial charge in [-0.3, -0.25) is 4.79 Å². The minimum atomic E-state index is 0.793. The molecule has 0 aliphatic rings. The van der Waals surface area contributed by atoms with E-state index in [1.165, 1.54) is 12.8 Å². The highest BCUT2D eigenvalue weighted by Crippen LogP contribution is 2.20. The van der Waals surface area contributed by atoms with Crippen LogP contribution >= 0.6 is 15.9 Å². The summed E-state index contributed by atoms with van der Waals surface area (Å²) in [6.07, 6.45) is 6.49. The Morgan fingerprint density at radius 1 is 1.18 bits per heavy atom. The van der Waals surface area contributed by atoms with Gasteiger partial charge in [0.25, 0.3) is 0 Å². The van der Waals surface area contributed by atoms with Gasteiger partial charge in [0.1, 0.15) is 0 Å². The Bertz CT molecular complexity index is 504. The van der Waals surface area contributed by atoms with Crippen molar-refractivity contribution in [3.63, 3.8) is 0 Å². The minimum absolute atomic E-state index is 0.793. The summed E-state index contributed by atoms with van der Waals surface area (Å²) in [5.74, 6) is 0. The number of nitrogens with zero attached hydrogens (tertiary/aromatic N) is 1. The predicted octanol–water partition coefficient (Wildman–Crippen LogP) is 4.02. The molecule has 2 nitrogen and oxygen atoms in total. The lowest BCUT2D eigenvalue weighted by molar-refractivity contribution is 0.112. The van der Waals surface area contributed by atoms with Crippen LogP contribution in [-0.2, 0) is 6.54 Å². The molecule has 0 spiro atoms. The van der Waals surface area contributed by atoms with Crippen molar-refractivity contribution in [2.24, 2.45) is 0 Å². The van der Waals surface area contributed by atoms with E-state index in [2.05, 4.69) is 26.6 Å². The number of carbonyl (C=O) groups excluding carboxylic acids is 1. The second kappa shape index (κ2) is 6.01. The number of benzene rings is 1. The SMILES string of the molecule is O=Cc1cn(CCCCCBr)c2ccccc12. The van der Waals surface area contributed by atoms with Gasteiger partial charge < -0.3 is 4.57 Å². The first-order chi connectivity index (χ1) is 8.36. The number of aromatic nitrogens is 1. The number of aldehydes is 1. The first kappa shape index (κ1) is 12.4. The zero-order valence-electron chi connectivity index (χ0n) is 9.73. The van der Waals surface area contributed by atoms with Crippen LogP contribution in [0.3, 0.4) is 0 Å². The van der Waals surface area contributed by atoms with Crippen molar-refractivity contribution in [1.82, 2.24) is 4.57 Å². The molecule has 17 heavy (non-hydrogen) atoms. The lowest BCUT2D eigenvalue weighted by atomic mass is 10.2. The Balaban J connectivity index is 2.19. The number of hydrogen-bond donors (Lipinski definition) is 0. The molecule has 0 saturated heterocycles. The quantitative estimate of drug-likeness (QED) is 0.448. The van der Waals surface area contributed by atoms with Crippen LogP contribution in [0.5, 0.6) is 0 Å². The van der Waals surface area contributed by atoms with E-state index in [-0.39, 0.29) is 0 Å². The van der Waals surface area contributed by atoms with Crippen molar-refractivity contribution in [3.05, 3.63) is 36.0 Å². The van der Waals surface area contributed by atoms with Crippen molar-refractivity contribution in [3.8, 4) is 0 Å². The zero-order valence-corrected chi connectivity index (χ0v) is 11.3. The van der Waals surface area contributed by atoms with E-state index in [0.29, 0.717) is 0 Å². The largest absolute Gasteiger partial charge is 0.347 e. The van der Waals surface area contributed by atoms with E-state index in [4.69, 9.17) is 0 Å². The van der Waals surface area contributed by atoms with Crippen molar-refractivity contribution in [2.75, 3.05) is 5.33 Å². The third-order valence-electron chi connectivity index (χ3n) is 2.98. The molecule has 0 amide bonds. The number of halogens is 1. The van der Waals surface area contributed by atoms with E-state index < -0.39 is 0 Å². The summed E-state index contributed by atoms with van der Waals surface area (Å²) >= 11 is 3.44. The van der Waals surface area contributed by atoms with Gasteiger partial charge >= 0.3 is 0 Å². The Morgan fingerprint density at radius 3 is 2.76 bits per heavy atom. The monoisotopic (exact) mass is 293 g/mol. The number of fused-ring (bicyclic) bond motifs is 1. The molecule has 1 aromatic heterocycles. The average molecular weight is 294 g/mol. The molecule has 0 bridgehead atoms. The van der Waals surface area contributed by atoms with Gasteiger partial charge in [-0.25, -0.2) is 0 Å². The molecule has 3 heteroatoms. The van der Waals surface area contributed by atoms with Crippen molar-refractivity contribution >= 4 is 33.1 Å². The van der Waals surface area contributed by atoms with Crippen LogP contribution in [0.25, 0.3) is 10.9 Å². The number of rotatable bonds is 6. The maximum atomic E-state index is 11.0. The van der Waals surface area contributed by atoms with Gasteiger partial charge in [0, 0.05) is 34.5 Å². The highest BCUT2D eigenvalue weighted by molar-refractivity contribution is 9.09. The molecule has 2 rings (SSSR count). The molecule has 0 N–H and O–H groups in total. The number of unbranched alkanes of at least 4 members (excludes halogenated alkanes) is 2. The van der Waals surface area contributed by atoms with Crippen LogP contribution in [0.2, 0.25) is 0 Å². The maximum absolute atomic E-state index is 11.0. The number of hydrogen-bond acceptors (Lipinski definition) is 1. The molecule has 2 aromatic rings. The Hall–Kier alpha value is -1.09. The molecule has 1 aromatic carbocycles. The lowest BCUT2D eigenvalue weighted by Gasteiger charge is -2.04. The average Bonchev–Trinajstić information content (AvgIpc) is 2.73. The van der Waals surface area contributed by atoms with E-state index >= 15 is 0 Å². The summed E-state index contributed by atoms with van der Waals surface area (Å²) in [7, 11) is 0. The first-order valence-corrected chi connectivity index (χ1v) is 7.08. The second-order valence-electron chi connectivity index (χ2n) is 4.16. The molecule has 0 unspecified atom stereocenters. The number of alkyl halides is 1. The summed E-state index contributed by atoms with van der Waals surface area (Å²) in [4.78, 5) is 11.0. The molecule has 0 aliphatic heterocycles. The molecule has 0 fully saturated rings. The Labute approximate surface area is 110 Å². The molecular weight excluding hydrogens is 278 g/mol. The number of aryl methyl sites for hydroxylation is 1. The van der Waals surface area contributed by atoms with Gasteiger partial charge in [0.15, 0.2) is 6.29 Å². The summed E-state index contributed by atoms with van der Waals surface area (Å²) in [5.41, 5.74) is 1.95. The predicted molar refractivity (Wildman–Crippen MR) is 75.0 cm³/mol. The van der Waals surface area contributed by atoms with Crippen LogP contribution in [-0.4, -0.2) is 16.2 Å². The van der Waals surface area contributed by atoms with E-state index in [1.54, 1.807) is 0 Å². The van der Waals surface area contributed by atoms with Crippen LogP contribution in [0.4, 0.5) is 0 Å². The highest BCUT2D eigenvalue weighted by Gasteiger charge is 2.06. The van der Waals surface area contributed by atoms with E-state index in [0.717, 1.165) is 41.0 Å². The van der Waals surface area contributed by atoms with Crippen molar-refractivity contribution in [1.29, 1.82) is 0 Å². The van der Waals surface area contributed by atoms with E-state index in [1.807, 2.05) is 24.4 Å². The Morgan fingerprint density at radius 2 is 2.00 bits per heavy atom. The standard InChI is InChI=1S/C14H16BrNO/c15-8-4-1-5-9-16-10-12(11-17)13-6-2-3-7-14(13)16/h2-3,6-7,10-11H,1,4-5,8-9H2. The third kappa shape index (κ3) is 2.78. The van der Waals surface area contributed by atoms with Crippen LogP contribution in [0, 0.1) is 0 Å². The number of carbonyl (C=O) groups is 1. The first-order valence-electron chi connectivity index (χ1n) is 5.96. The second-order valence-corrected chi connectivity index (χ2v) is 4.96. The molecule has 0 atom stereocenters. The fraction of sp³-hybridized carbons (Fsp3) is 0.357. The fourth-order valence-electron chi connectivity index (χ4n) is 2.11. The molecule has 1 heterocycles. The van der Waals surface area contributed by atoms with Gasteiger partial charge in [-0.1, -0.05) is 40.5 Å². The molecule has 0 aliphatic carbocycles. The molecule has 0 saturated carbocycles. The van der Waals surface area contributed by atoms with Gasteiger partial charge in [0.2, 0.25) is 0 Å². The maximum Gasteiger partial charge on any atom is 0.152 e. The summed E-state index contributed by atoms with van der Waals surface area (Å²) in [5, 5.41) is 2.13. The summed E-state index contributed by atoms with van der Waals surface area (Å²) < 4.78 is 2.19. The highest BCUT2D eigenvalue weighted by atomic mass is 79.9. The van der Waals surface area contributed by atoms with Crippen molar-refractivity contribution in [2.45, 2.75) is 25.8 Å². The fourth-order valence-corrected chi connectivity index (χ4v) is 2.50. The molecule has 0 radical (unpaired) electrons.